The van der Waals surface area contributed by atoms with Gasteiger partial charge in [-0.2, -0.15) is 0 Å². The third-order valence-electron chi connectivity index (χ3n) is 3.74. The van der Waals surface area contributed by atoms with Gasteiger partial charge in [-0.3, -0.25) is 4.79 Å². The number of nitrogens with one attached hydrogen (secondary N) is 2. The van der Waals surface area contributed by atoms with E-state index >= 15 is 0 Å². The molecule has 0 atom stereocenters. The second-order valence-corrected chi connectivity index (χ2v) is 5.35. The van der Waals surface area contributed by atoms with E-state index in [1.807, 2.05) is 12.1 Å². The van der Waals surface area contributed by atoms with Crippen LogP contribution < -0.4 is 10.6 Å². The number of hydrogen-bond donors (Lipinski definition) is 2. The average molecular weight is 276 g/mol. The highest BCUT2D eigenvalue weighted by Gasteiger charge is 2.16. The fourth-order valence-electron chi connectivity index (χ4n) is 2.69. The molecule has 1 aromatic carbocycles. The van der Waals surface area contributed by atoms with E-state index in [9.17, 15) is 4.79 Å². The number of rotatable bonds is 7. The van der Waals surface area contributed by atoms with Crippen molar-refractivity contribution in [3.63, 3.8) is 0 Å². The maximum absolute atomic E-state index is 11.8. The first-order chi connectivity index (χ1) is 9.79. The van der Waals surface area contributed by atoms with E-state index < -0.39 is 0 Å². The minimum absolute atomic E-state index is 0.0983. The highest BCUT2D eigenvalue weighted by Crippen LogP contribution is 2.17. The first kappa shape index (κ1) is 15.0. The summed E-state index contributed by atoms with van der Waals surface area (Å²) in [5.41, 5.74) is 2.35. The van der Waals surface area contributed by atoms with Gasteiger partial charge in [0.05, 0.1) is 13.2 Å². The Kier molecular flexibility index (Phi) is 6.02. The summed E-state index contributed by atoms with van der Waals surface area (Å²) in [6.45, 7) is 1.67. The molecular weight excluding hydrogens is 252 g/mol. The van der Waals surface area contributed by atoms with Gasteiger partial charge in [0.1, 0.15) is 0 Å². The number of hydrogen-bond acceptors (Lipinski definition) is 3. The predicted molar refractivity (Wildman–Crippen MR) is 79.3 cm³/mol. The van der Waals surface area contributed by atoms with Crippen LogP contribution in [0.15, 0.2) is 24.3 Å². The SMILES string of the molecule is COCc1ccccc1CNCC(=O)NC1CCCC1. The van der Waals surface area contributed by atoms with Crippen molar-refractivity contribution in [3.8, 4) is 0 Å². The molecule has 0 unspecified atom stereocenters. The van der Waals surface area contributed by atoms with Crippen molar-refractivity contribution in [2.75, 3.05) is 13.7 Å². The Labute approximate surface area is 120 Å². The normalized spacial score (nSPS) is 15.4. The van der Waals surface area contributed by atoms with Crippen LogP contribution in [-0.2, 0) is 22.7 Å². The molecule has 4 heteroatoms. The van der Waals surface area contributed by atoms with Gasteiger partial charge in [0.25, 0.3) is 0 Å². The molecule has 0 bridgehead atoms. The van der Waals surface area contributed by atoms with E-state index in [0.29, 0.717) is 25.7 Å². The summed E-state index contributed by atoms with van der Waals surface area (Å²) in [7, 11) is 1.69. The lowest BCUT2D eigenvalue weighted by Gasteiger charge is -2.13. The lowest BCUT2D eigenvalue weighted by molar-refractivity contribution is -0.120. The van der Waals surface area contributed by atoms with Crippen LogP contribution >= 0.6 is 0 Å². The molecule has 0 spiro atoms. The van der Waals surface area contributed by atoms with Gasteiger partial charge in [-0.1, -0.05) is 37.1 Å². The van der Waals surface area contributed by atoms with Crippen LogP contribution in [0, 0.1) is 0 Å². The van der Waals surface area contributed by atoms with Gasteiger partial charge in [-0.25, -0.2) is 0 Å². The summed E-state index contributed by atoms with van der Waals surface area (Å²) in [6.07, 6.45) is 4.73. The summed E-state index contributed by atoms with van der Waals surface area (Å²) in [5.74, 6) is 0.0983. The monoisotopic (exact) mass is 276 g/mol. The molecule has 1 aliphatic carbocycles. The Bertz CT molecular complexity index is 428. The zero-order valence-corrected chi connectivity index (χ0v) is 12.2. The van der Waals surface area contributed by atoms with Gasteiger partial charge in [-0.05, 0) is 24.0 Å². The molecule has 110 valence electrons. The maximum Gasteiger partial charge on any atom is 0.234 e. The second kappa shape index (κ2) is 8.02. The van der Waals surface area contributed by atoms with Crippen molar-refractivity contribution >= 4 is 5.91 Å². The van der Waals surface area contributed by atoms with Gasteiger partial charge in [-0.15, -0.1) is 0 Å². The van der Waals surface area contributed by atoms with Crippen molar-refractivity contribution in [2.45, 2.75) is 44.9 Å². The van der Waals surface area contributed by atoms with Crippen LogP contribution in [0.2, 0.25) is 0 Å². The first-order valence-corrected chi connectivity index (χ1v) is 7.35. The number of ether oxygens (including phenoxy) is 1. The van der Waals surface area contributed by atoms with Crippen molar-refractivity contribution in [3.05, 3.63) is 35.4 Å². The van der Waals surface area contributed by atoms with Crippen LogP contribution in [0.25, 0.3) is 0 Å². The average Bonchev–Trinajstić information content (AvgIpc) is 2.94. The molecule has 2 rings (SSSR count). The van der Waals surface area contributed by atoms with Gasteiger partial charge in [0, 0.05) is 19.7 Å². The largest absolute Gasteiger partial charge is 0.380 e. The number of carbonyl (C=O) groups is 1. The summed E-state index contributed by atoms with van der Waals surface area (Å²) in [6, 6.07) is 8.53. The van der Waals surface area contributed by atoms with Crippen LogP contribution in [0.4, 0.5) is 0 Å². The van der Waals surface area contributed by atoms with E-state index in [1.54, 1.807) is 7.11 Å². The predicted octanol–water partition coefficient (Wildman–Crippen LogP) is 1.98. The van der Waals surface area contributed by atoms with Crippen molar-refractivity contribution in [2.24, 2.45) is 0 Å². The topological polar surface area (TPSA) is 50.4 Å². The van der Waals surface area contributed by atoms with E-state index in [1.165, 1.54) is 24.0 Å². The van der Waals surface area contributed by atoms with Crippen molar-refractivity contribution < 1.29 is 9.53 Å². The van der Waals surface area contributed by atoms with Crippen molar-refractivity contribution in [1.29, 1.82) is 0 Å². The highest BCUT2D eigenvalue weighted by molar-refractivity contribution is 5.78. The Balaban J connectivity index is 1.73. The molecule has 1 fully saturated rings. The summed E-state index contributed by atoms with van der Waals surface area (Å²) in [5, 5.41) is 6.29. The van der Waals surface area contributed by atoms with Gasteiger partial charge in [0.15, 0.2) is 0 Å². The third kappa shape index (κ3) is 4.62. The quantitative estimate of drug-likeness (QED) is 0.800. The molecule has 0 aliphatic heterocycles. The number of methoxy groups -OCH3 is 1. The molecule has 4 nitrogen and oxygen atoms in total. The molecule has 0 radical (unpaired) electrons. The van der Waals surface area contributed by atoms with E-state index in [-0.39, 0.29) is 5.91 Å². The van der Waals surface area contributed by atoms with E-state index in [0.717, 1.165) is 12.8 Å². The Hall–Kier alpha value is -1.39. The van der Waals surface area contributed by atoms with Crippen molar-refractivity contribution in [1.82, 2.24) is 10.6 Å². The molecule has 0 aromatic heterocycles. The number of amides is 1. The molecule has 1 aliphatic rings. The van der Waals surface area contributed by atoms with Gasteiger partial charge in [0.2, 0.25) is 5.91 Å². The smallest absolute Gasteiger partial charge is 0.234 e. The van der Waals surface area contributed by atoms with Gasteiger partial charge < -0.3 is 15.4 Å². The highest BCUT2D eigenvalue weighted by atomic mass is 16.5. The minimum atomic E-state index is 0.0983. The second-order valence-electron chi connectivity index (χ2n) is 5.35. The summed E-state index contributed by atoms with van der Waals surface area (Å²) >= 11 is 0. The fourth-order valence-corrected chi connectivity index (χ4v) is 2.69. The molecule has 1 amide bonds. The van der Waals surface area contributed by atoms with Crippen LogP contribution in [-0.4, -0.2) is 25.6 Å². The van der Waals surface area contributed by atoms with Crippen LogP contribution in [0.3, 0.4) is 0 Å². The van der Waals surface area contributed by atoms with Crippen LogP contribution in [0.5, 0.6) is 0 Å². The standard InChI is InChI=1S/C16H24N2O2/c1-20-12-14-7-3-2-6-13(14)10-17-11-16(19)18-15-8-4-5-9-15/h2-3,6-7,15,17H,4-5,8-12H2,1H3,(H,18,19). The lowest BCUT2D eigenvalue weighted by Crippen LogP contribution is -2.39. The number of benzene rings is 1. The summed E-state index contributed by atoms with van der Waals surface area (Å²) < 4.78 is 5.18. The Morgan fingerprint density at radius 1 is 1.25 bits per heavy atom. The minimum Gasteiger partial charge on any atom is -0.380 e. The lowest BCUT2D eigenvalue weighted by atomic mass is 10.1. The molecule has 1 aromatic rings. The molecule has 0 heterocycles. The fraction of sp³-hybridized carbons (Fsp3) is 0.562. The Morgan fingerprint density at radius 3 is 2.65 bits per heavy atom. The first-order valence-electron chi connectivity index (χ1n) is 7.35. The molecule has 0 saturated heterocycles. The molecule has 20 heavy (non-hydrogen) atoms. The van der Waals surface area contributed by atoms with Crippen LogP contribution in [0.1, 0.15) is 36.8 Å². The van der Waals surface area contributed by atoms with Gasteiger partial charge >= 0.3 is 0 Å². The zero-order chi connectivity index (χ0) is 14.2. The Morgan fingerprint density at radius 2 is 1.95 bits per heavy atom. The molecular formula is C16H24N2O2. The zero-order valence-electron chi connectivity index (χ0n) is 12.2. The van der Waals surface area contributed by atoms with E-state index in [4.69, 9.17) is 4.74 Å². The maximum atomic E-state index is 11.8. The number of carbonyl (C=O) groups excluding carboxylic acids is 1. The van der Waals surface area contributed by atoms with E-state index in [2.05, 4.69) is 22.8 Å². The summed E-state index contributed by atoms with van der Waals surface area (Å²) in [4.78, 5) is 11.8. The molecule has 1 saturated carbocycles. The third-order valence-corrected chi connectivity index (χ3v) is 3.74. The molecule has 2 N–H and O–H groups in total.